The van der Waals surface area contributed by atoms with E-state index in [0.717, 1.165) is 44.9 Å². The van der Waals surface area contributed by atoms with Crippen molar-refractivity contribution in [1.82, 2.24) is 14.2 Å². The maximum atomic E-state index is 14.1. The summed E-state index contributed by atoms with van der Waals surface area (Å²) >= 11 is 1.27. The highest BCUT2D eigenvalue weighted by atomic mass is 32.2. The first kappa shape index (κ1) is 24.2. The van der Waals surface area contributed by atoms with Crippen LogP contribution in [0.5, 0.6) is 0 Å². The van der Waals surface area contributed by atoms with E-state index in [2.05, 4.69) is 4.98 Å². The van der Waals surface area contributed by atoms with Gasteiger partial charge in [-0.25, -0.2) is 17.8 Å². The van der Waals surface area contributed by atoms with Gasteiger partial charge in [0.05, 0.1) is 10.8 Å². The van der Waals surface area contributed by atoms with Gasteiger partial charge >= 0.3 is 0 Å². The summed E-state index contributed by atoms with van der Waals surface area (Å²) in [6.45, 7) is 0.259. The Morgan fingerprint density at radius 3 is 2.42 bits per heavy atom. The van der Waals surface area contributed by atoms with E-state index >= 15 is 0 Å². The van der Waals surface area contributed by atoms with Gasteiger partial charge in [0.2, 0.25) is 15.9 Å². The van der Waals surface area contributed by atoms with Crippen LogP contribution >= 0.6 is 11.8 Å². The van der Waals surface area contributed by atoms with Crippen LogP contribution < -0.4 is 0 Å². The van der Waals surface area contributed by atoms with Crippen molar-refractivity contribution in [3.63, 3.8) is 0 Å². The van der Waals surface area contributed by atoms with Crippen molar-refractivity contribution in [1.29, 1.82) is 0 Å². The Labute approximate surface area is 199 Å². The predicted octanol–water partition coefficient (Wildman–Crippen LogP) is 4.46. The number of benzene rings is 1. The minimum atomic E-state index is -3.59. The lowest BCUT2D eigenvalue weighted by Gasteiger charge is -2.30. The van der Waals surface area contributed by atoms with Crippen molar-refractivity contribution in [2.45, 2.75) is 73.5 Å². The lowest BCUT2D eigenvalue weighted by Crippen LogP contribution is -2.38. The van der Waals surface area contributed by atoms with Gasteiger partial charge in [-0.3, -0.25) is 4.79 Å². The highest BCUT2D eigenvalue weighted by Crippen LogP contribution is 2.31. The van der Waals surface area contributed by atoms with E-state index in [0.29, 0.717) is 10.6 Å². The molecule has 2 saturated carbocycles. The van der Waals surface area contributed by atoms with Crippen molar-refractivity contribution in [2.24, 2.45) is 0 Å². The third-order valence-electron chi connectivity index (χ3n) is 6.43. The third-order valence-corrected chi connectivity index (χ3v) is 9.25. The number of nitrogens with zero attached hydrogens (tertiary/aromatic N) is 3. The zero-order valence-corrected chi connectivity index (χ0v) is 20.5. The van der Waals surface area contributed by atoms with E-state index in [4.69, 9.17) is 0 Å². The van der Waals surface area contributed by atoms with Gasteiger partial charge in [-0.1, -0.05) is 49.2 Å². The number of rotatable bonds is 9. The maximum absolute atomic E-state index is 14.1. The molecule has 0 N–H and O–H groups in total. The molecular weight excluding hydrogens is 461 g/mol. The van der Waals surface area contributed by atoms with Gasteiger partial charge in [0, 0.05) is 37.4 Å². The van der Waals surface area contributed by atoms with Crippen LogP contribution in [0.15, 0.2) is 52.5 Å². The van der Waals surface area contributed by atoms with Crippen molar-refractivity contribution < 1.29 is 17.6 Å². The smallest absolute Gasteiger partial charge is 0.244 e. The largest absolute Gasteiger partial charge is 0.335 e. The van der Waals surface area contributed by atoms with Gasteiger partial charge < -0.3 is 4.90 Å². The summed E-state index contributed by atoms with van der Waals surface area (Å²) in [4.78, 5) is 19.1. The Morgan fingerprint density at radius 2 is 1.79 bits per heavy atom. The Hall–Kier alpha value is -1.97. The molecule has 0 bridgehead atoms. The van der Waals surface area contributed by atoms with Gasteiger partial charge in [-0.2, -0.15) is 4.31 Å². The molecule has 1 aromatic heterocycles. The first-order valence-corrected chi connectivity index (χ1v) is 13.9. The number of carbonyl (C=O) groups excluding carboxylic acids is 1. The van der Waals surface area contributed by atoms with E-state index in [1.165, 1.54) is 28.3 Å². The second kappa shape index (κ2) is 10.5. The minimum Gasteiger partial charge on any atom is -0.335 e. The van der Waals surface area contributed by atoms with Crippen LogP contribution in [0.3, 0.4) is 0 Å². The van der Waals surface area contributed by atoms with Crippen molar-refractivity contribution in [3.05, 3.63) is 54.0 Å². The number of amides is 1. The van der Waals surface area contributed by atoms with E-state index in [1.54, 1.807) is 42.3 Å². The molecule has 0 aliphatic heterocycles. The molecule has 0 saturated heterocycles. The number of aromatic nitrogens is 1. The summed E-state index contributed by atoms with van der Waals surface area (Å²) in [5, 5.41) is 0.587. The molecule has 6 nitrogen and oxygen atoms in total. The maximum Gasteiger partial charge on any atom is 0.244 e. The van der Waals surface area contributed by atoms with E-state index in [9.17, 15) is 17.6 Å². The SMILES string of the molecule is CN(C1CCCCC1)S(=O)(=O)c1ccc(SCC(=O)N(Cc2ccccc2F)C2CC2)nc1. The summed E-state index contributed by atoms with van der Waals surface area (Å²) in [7, 11) is -1.94. The van der Waals surface area contributed by atoms with Crippen LogP contribution in [0.2, 0.25) is 0 Å². The molecule has 178 valence electrons. The molecular formula is C24H30FN3O3S2. The zero-order chi connectivity index (χ0) is 23.4. The van der Waals surface area contributed by atoms with Crippen molar-refractivity contribution >= 4 is 27.7 Å². The van der Waals surface area contributed by atoms with Crippen LogP contribution in [0.1, 0.15) is 50.5 Å². The number of sulfonamides is 1. The molecule has 0 radical (unpaired) electrons. The first-order chi connectivity index (χ1) is 15.9. The van der Waals surface area contributed by atoms with E-state index < -0.39 is 10.0 Å². The summed E-state index contributed by atoms with van der Waals surface area (Å²) in [5.41, 5.74) is 0.512. The number of carbonyl (C=O) groups is 1. The second-order valence-electron chi connectivity index (χ2n) is 8.78. The summed E-state index contributed by atoms with van der Waals surface area (Å²) < 4.78 is 41.5. The topological polar surface area (TPSA) is 70.6 Å². The van der Waals surface area contributed by atoms with Crippen LogP contribution in [-0.4, -0.2) is 53.4 Å². The van der Waals surface area contributed by atoms with Gasteiger partial charge in [-0.05, 0) is 43.9 Å². The molecule has 9 heteroatoms. The second-order valence-corrected chi connectivity index (χ2v) is 11.8. The van der Waals surface area contributed by atoms with Gasteiger partial charge in [0.15, 0.2) is 0 Å². The number of thioether (sulfide) groups is 1. The summed E-state index contributed by atoms with van der Waals surface area (Å²) in [5.74, 6) is -0.201. The minimum absolute atomic E-state index is 0.0401. The lowest BCUT2D eigenvalue weighted by molar-refractivity contribution is -0.129. The quantitative estimate of drug-likeness (QED) is 0.485. The molecule has 0 spiro atoms. The predicted molar refractivity (Wildman–Crippen MR) is 127 cm³/mol. The molecule has 0 atom stereocenters. The fraction of sp³-hybridized carbons (Fsp3) is 0.500. The average molecular weight is 492 g/mol. The van der Waals surface area contributed by atoms with Gasteiger partial charge in [0.25, 0.3) is 0 Å². The molecule has 33 heavy (non-hydrogen) atoms. The molecule has 4 rings (SSSR count). The molecule has 1 aromatic carbocycles. The van der Waals surface area contributed by atoms with E-state index in [1.807, 2.05) is 0 Å². The molecule has 2 fully saturated rings. The van der Waals surface area contributed by atoms with Crippen LogP contribution in [0.4, 0.5) is 4.39 Å². The van der Waals surface area contributed by atoms with Crippen molar-refractivity contribution in [3.8, 4) is 0 Å². The Bertz CT molecular complexity index is 1070. The molecule has 2 aromatic rings. The molecule has 2 aliphatic carbocycles. The van der Waals surface area contributed by atoms with Gasteiger partial charge in [0.1, 0.15) is 10.7 Å². The molecule has 2 aliphatic rings. The fourth-order valence-electron chi connectivity index (χ4n) is 4.25. The monoisotopic (exact) mass is 491 g/mol. The molecule has 0 unspecified atom stereocenters. The Morgan fingerprint density at radius 1 is 1.06 bits per heavy atom. The van der Waals surface area contributed by atoms with Crippen LogP contribution in [0, 0.1) is 5.82 Å². The number of hydrogen-bond donors (Lipinski definition) is 0. The Balaban J connectivity index is 1.36. The lowest BCUT2D eigenvalue weighted by atomic mass is 9.96. The van der Waals surface area contributed by atoms with Crippen molar-refractivity contribution in [2.75, 3.05) is 12.8 Å². The Kier molecular flexibility index (Phi) is 7.71. The van der Waals surface area contributed by atoms with E-state index in [-0.39, 0.29) is 41.0 Å². The van der Waals surface area contributed by atoms with Gasteiger partial charge in [-0.15, -0.1) is 0 Å². The first-order valence-electron chi connectivity index (χ1n) is 11.5. The third kappa shape index (κ3) is 5.94. The zero-order valence-electron chi connectivity index (χ0n) is 18.8. The summed E-state index contributed by atoms with van der Waals surface area (Å²) in [6, 6.07) is 9.94. The normalized spacial score (nSPS) is 17.3. The van der Waals surface area contributed by atoms with Crippen LogP contribution in [-0.2, 0) is 21.4 Å². The fourth-order valence-corrected chi connectivity index (χ4v) is 6.34. The summed E-state index contributed by atoms with van der Waals surface area (Å²) in [6.07, 6.45) is 8.30. The number of halogens is 1. The average Bonchev–Trinajstić information content (AvgIpc) is 3.67. The highest BCUT2D eigenvalue weighted by molar-refractivity contribution is 7.99. The highest BCUT2D eigenvalue weighted by Gasteiger charge is 2.33. The standard InChI is InChI=1S/C24H30FN3O3S2/c1-27(19-8-3-2-4-9-19)33(30,31)21-13-14-23(26-15-21)32-17-24(29)28(20-11-12-20)16-18-7-5-6-10-22(18)25/h5-7,10,13-15,19-20H,2-4,8-9,11-12,16-17H2,1H3. The molecule has 1 heterocycles. The number of hydrogen-bond acceptors (Lipinski definition) is 5. The molecule has 1 amide bonds. The number of pyridine rings is 1. The van der Waals surface area contributed by atoms with Crippen LogP contribution in [0.25, 0.3) is 0 Å².